The zero-order valence-corrected chi connectivity index (χ0v) is 12.4. The van der Waals surface area contributed by atoms with Crippen molar-refractivity contribution in [2.45, 2.75) is 0 Å². The van der Waals surface area contributed by atoms with Crippen molar-refractivity contribution in [1.82, 2.24) is 0 Å². The van der Waals surface area contributed by atoms with Gasteiger partial charge in [0.25, 0.3) is 0 Å². The Kier molecular flexibility index (Phi) is 3.65. The molecule has 6 heteroatoms. The van der Waals surface area contributed by atoms with Crippen LogP contribution in [0.5, 0.6) is 0 Å². The van der Waals surface area contributed by atoms with Crippen LogP contribution in [0.2, 0.25) is 0 Å². The maximum absolute atomic E-state index is 3.33. The summed E-state index contributed by atoms with van der Waals surface area (Å²) in [7, 11) is 0. The first-order chi connectivity index (χ1) is 2.24. The first kappa shape index (κ1) is 9.13. The van der Waals surface area contributed by atoms with Gasteiger partial charge in [0.05, 0.1) is 0 Å². The Hall–Kier alpha value is 3.13. The molecule has 0 saturated heterocycles. The predicted octanol–water partition coefficient (Wildman–Crippen LogP) is 5.11. The standard InChI is InChI=1S/Br5I/c1-6(2,3,4)5. The van der Waals surface area contributed by atoms with Crippen molar-refractivity contribution in [3.63, 3.8) is 0 Å². The van der Waals surface area contributed by atoms with E-state index in [0.29, 0.717) is 0 Å². The Bertz CT molecular complexity index is 37.1. The summed E-state index contributed by atoms with van der Waals surface area (Å²) in [6, 6.07) is 0. The van der Waals surface area contributed by atoms with Gasteiger partial charge >= 0.3 is 69.4 Å². The van der Waals surface area contributed by atoms with E-state index in [9.17, 15) is 0 Å². The number of rotatable bonds is 0. The SMILES string of the molecule is BrI(Br)(Br)(Br)Br. The fraction of sp³-hybridized carbons (Fsp3) is 0. The predicted molar refractivity (Wildman–Crippen MR) is 58.7 cm³/mol. The fourth-order valence-electron chi connectivity index (χ4n) is 0. The van der Waals surface area contributed by atoms with E-state index in [-0.39, 0.29) is 0 Å². The van der Waals surface area contributed by atoms with Gasteiger partial charge in [0.15, 0.2) is 0 Å². The van der Waals surface area contributed by atoms with Crippen LogP contribution < -0.4 is 0 Å². The van der Waals surface area contributed by atoms with Gasteiger partial charge in [0.1, 0.15) is 0 Å². The number of hydrogen-bond donors (Lipinski definition) is 0. The molecule has 0 aliphatic rings. The Labute approximate surface area is 67.6 Å². The van der Waals surface area contributed by atoms with Crippen LogP contribution in [0.3, 0.4) is 0 Å². The van der Waals surface area contributed by atoms with Crippen LogP contribution >= 0.6 is 69.4 Å². The molecule has 0 nitrogen and oxygen atoms in total. The quantitative estimate of drug-likeness (QED) is 0.385. The summed E-state index contributed by atoms with van der Waals surface area (Å²) in [5, 5.41) is 0. The molecule has 42 valence electrons. The van der Waals surface area contributed by atoms with Crippen LogP contribution in [-0.2, 0) is 0 Å². The molecule has 0 unspecified atom stereocenters. The summed E-state index contributed by atoms with van der Waals surface area (Å²) in [5.74, 6) is -2.48. The Morgan fingerprint density at radius 3 is 0.667 bits per heavy atom. The van der Waals surface area contributed by atoms with Gasteiger partial charge in [0.2, 0.25) is 0 Å². The van der Waals surface area contributed by atoms with E-state index in [1.807, 2.05) is 0 Å². The molecule has 0 fully saturated rings. The van der Waals surface area contributed by atoms with Crippen molar-refractivity contribution in [3.05, 3.63) is 0 Å². The minimum absolute atomic E-state index is 2.48. The molecule has 0 spiro atoms. The van der Waals surface area contributed by atoms with E-state index in [1.165, 1.54) is 0 Å². The van der Waals surface area contributed by atoms with Crippen LogP contribution in [0.25, 0.3) is 0 Å². The summed E-state index contributed by atoms with van der Waals surface area (Å²) >= 11 is 16.7. The van der Waals surface area contributed by atoms with Crippen molar-refractivity contribution in [1.29, 1.82) is 0 Å². The summed E-state index contributed by atoms with van der Waals surface area (Å²) in [6.07, 6.45) is 0. The molecule has 0 aromatic carbocycles. The molecule has 0 aliphatic heterocycles. The molecular formula is Br5I. The van der Waals surface area contributed by atoms with Gasteiger partial charge in [0, 0.05) is 0 Å². The van der Waals surface area contributed by atoms with Crippen LogP contribution in [0, 0.1) is 0 Å². The monoisotopic (exact) mass is 521 g/mol. The van der Waals surface area contributed by atoms with Gasteiger partial charge in [-0.3, -0.25) is 0 Å². The first-order valence-corrected chi connectivity index (χ1v) is 24.9. The molecule has 0 radical (unpaired) electrons. The second kappa shape index (κ2) is 2.40. The molecule has 0 amide bonds. The average Bonchev–Trinajstić information content (AvgIpc) is 0.650. The van der Waals surface area contributed by atoms with Crippen molar-refractivity contribution in [3.8, 4) is 0 Å². The fourth-order valence-corrected chi connectivity index (χ4v) is 0. The van der Waals surface area contributed by atoms with E-state index < -0.39 is 5.92 Å². The molecule has 6 heavy (non-hydrogen) atoms. The van der Waals surface area contributed by atoms with E-state index >= 15 is 0 Å². The molecule has 0 aromatic heterocycles. The zero-order valence-electron chi connectivity index (χ0n) is 2.27. The van der Waals surface area contributed by atoms with Crippen molar-refractivity contribution >= 4 is 69.4 Å². The topological polar surface area (TPSA) is 0 Å². The molecule has 0 N–H and O–H groups in total. The van der Waals surface area contributed by atoms with E-state index in [4.69, 9.17) is 0 Å². The number of hydrogen-bond acceptors (Lipinski definition) is 0. The summed E-state index contributed by atoms with van der Waals surface area (Å²) in [4.78, 5) is 0. The van der Waals surface area contributed by atoms with Crippen molar-refractivity contribution in [2.24, 2.45) is 0 Å². The molecular weight excluding hydrogens is 526 g/mol. The van der Waals surface area contributed by atoms with Crippen LogP contribution in [0.4, 0.5) is 0 Å². The van der Waals surface area contributed by atoms with Crippen LogP contribution in [0.15, 0.2) is 0 Å². The number of halogens is 6. The third kappa shape index (κ3) is 27.3. The molecule has 0 rings (SSSR count). The molecule has 0 bridgehead atoms. The molecule has 0 saturated carbocycles. The van der Waals surface area contributed by atoms with Gasteiger partial charge in [-0.1, -0.05) is 0 Å². The first-order valence-electron chi connectivity index (χ1n) is 0.714. The zero-order chi connectivity index (χ0) is 5.45. The second-order valence-corrected chi connectivity index (χ2v) is 97.8. The van der Waals surface area contributed by atoms with Gasteiger partial charge in [-0.15, -0.1) is 0 Å². The van der Waals surface area contributed by atoms with Crippen LogP contribution in [0.1, 0.15) is 0 Å². The van der Waals surface area contributed by atoms with Gasteiger partial charge in [-0.25, -0.2) is 0 Å². The summed E-state index contributed by atoms with van der Waals surface area (Å²) < 4.78 is 0. The Morgan fingerprint density at radius 1 is 0.667 bits per heavy atom. The van der Waals surface area contributed by atoms with E-state index in [0.717, 1.165) is 0 Å². The van der Waals surface area contributed by atoms with Gasteiger partial charge < -0.3 is 0 Å². The maximum atomic E-state index is 3.33. The van der Waals surface area contributed by atoms with E-state index in [1.54, 1.807) is 0 Å². The van der Waals surface area contributed by atoms with Crippen molar-refractivity contribution in [2.75, 3.05) is 0 Å². The second-order valence-electron chi connectivity index (χ2n) is 0.540. The molecule has 0 heterocycles. The Morgan fingerprint density at radius 2 is 0.667 bits per heavy atom. The minimum atomic E-state index is -2.48. The Balaban J connectivity index is 3.73. The van der Waals surface area contributed by atoms with Crippen molar-refractivity contribution < 1.29 is 0 Å². The third-order valence-electron chi connectivity index (χ3n) is 0. The molecule has 0 aliphatic carbocycles. The van der Waals surface area contributed by atoms with Crippen LogP contribution in [-0.4, -0.2) is 0 Å². The van der Waals surface area contributed by atoms with Gasteiger partial charge in [-0.05, 0) is 0 Å². The van der Waals surface area contributed by atoms with Gasteiger partial charge in [-0.2, -0.15) is 0 Å². The van der Waals surface area contributed by atoms with E-state index in [2.05, 4.69) is 63.5 Å². The average molecular weight is 526 g/mol. The normalized spacial score (nSPS) is 19.2. The molecule has 0 atom stereocenters. The summed E-state index contributed by atoms with van der Waals surface area (Å²) in [5.41, 5.74) is 0. The third-order valence-corrected chi connectivity index (χ3v) is 0. The molecule has 0 aromatic rings. The summed E-state index contributed by atoms with van der Waals surface area (Å²) in [6.45, 7) is 0.